The second kappa shape index (κ2) is 6.80. The third-order valence-corrected chi connectivity index (χ3v) is 4.86. The topological polar surface area (TPSA) is 87.7 Å². The predicted molar refractivity (Wildman–Crippen MR) is 97.3 cm³/mol. The van der Waals surface area contributed by atoms with E-state index < -0.39 is 23.4 Å². The summed E-state index contributed by atoms with van der Waals surface area (Å²) in [5.74, 6) is -0.603. The predicted octanol–water partition coefficient (Wildman–Crippen LogP) is 2.57. The van der Waals surface area contributed by atoms with Crippen molar-refractivity contribution in [3.8, 4) is 5.75 Å². The van der Waals surface area contributed by atoms with E-state index in [9.17, 15) is 14.4 Å². The van der Waals surface area contributed by atoms with E-state index in [2.05, 4.69) is 26.7 Å². The Labute approximate surface area is 158 Å². The van der Waals surface area contributed by atoms with Gasteiger partial charge in [0.25, 0.3) is 11.8 Å². The number of nitrogens with one attached hydrogen (secondary N) is 2. The van der Waals surface area contributed by atoms with Gasteiger partial charge >= 0.3 is 6.03 Å². The van der Waals surface area contributed by atoms with Gasteiger partial charge in [-0.15, -0.1) is 0 Å². The Morgan fingerprint density at radius 1 is 1.19 bits per heavy atom. The van der Waals surface area contributed by atoms with Crippen molar-refractivity contribution in [2.75, 3.05) is 7.11 Å². The molecule has 1 atom stereocenters. The number of rotatable bonds is 4. The Hall–Kier alpha value is -2.87. The molecule has 1 heterocycles. The molecular formula is C18H16BrN3O4. The zero-order chi connectivity index (χ0) is 18.9. The van der Waals surface area contributed by atoms with Crippen LogP contribution in [-0.2, 0) is 10.3 Å². The van der Waals surface area contributed by atoms with Crippen LogP contribution in [0, 0.1) is 0 Å². The highest BCUT2D eigenvalue weighted by atomic mass is 79.9. The van der Waals surface area contributed by atoms with Gasteiger partial charge in [0, 0.05) is 4.47 Å². The summed E-state index contributed by atoms with van der Waals surface area (Å²) < 4.78 is 5.73. The van der Waals surface area contributed by atoms with Crippen LogP contribution in [0.5, 0.6) is 5.75 Å². The molecule has 7 nitrogen and oxygen atoms in total. The number of carbonyl (C=O) groups is 3. The van der Waals surface area contributed by atoms with E-state index in [0.29, 0.717) is 26.4 Å². The summed E-state index contributed by atoms with van der Waals surface area (Å²) in [6.45, 7) is 1.58. The molecule has 1 saturated heterocycles. The standard InChI is InChI=1S/C18H16BrN3O4/c1-18(11-6-5-7-12(10-11)26-2)16(24)22(17(25)20-18)21-15(23)13-8-3-4-9-14(13)19/h3-10H,1-2H3,(H,20,25)(H,21,23)/t18-/m0/s1. The zero-order valence-electron chi connectivity index (χ0n) is 14.1. The molecular weight excluding hydrogens is 402 g/mol. The van der Waals surface area contributed by atoms with Gasteiger partial charge in [0.1, 0.15) is 11.3 Å². The number of methoxy groups -OCH3 is 1. The van der Waals surface area contributed by atoms with Gasteiger partial charge in [-0.2, -0.15) is 5.01 Å². The lowest BCUT2D eigenvalue weighted by atomic mass is 9.92. The lowest BCUT2D eigenvalue weighted by molar-refractivity contribution is -0.132. The number of hydrazine groups is 1. The third kappa shape index (κ3) is 3.03. The highest BCUT2D eigenvalue weighted by molar-refractivity contribution is 9.10. The Morgan fingerprint density at radius 2 is 1.92 bits per heavy atom. The Kier molecular flexibility index (Phi) is 4.69. The number of hydrogen-bond acceptors (Lipinski definition) is 4. The summed E-state index contributed by atoms with van der Waals surface area (Å²) in [5.41, 5.74) is 1.91. The van der Waals surface area contributed by atoms with Gasteiger partial charge in [-0.3, -0.25) is 15.0 Å². The van der Waals surface area contributed by atoms with Gasteiger partial charge in [-0.05, 0) is 52.7 Å². The van der Waals surface area contributed by atoms with E-state index in [0.717, 1.165) is 0 Å². The molecule has 0 aliphatic carbocycles. The van der Waals surface area contributed by atoms with E-state index >= 15 is 0 Å². The molecule has 2 aromatic carbocycles. The van der Waals surface area contributed by atoms with Crippen LogP contribution in [0.2, 0.25) is 0 Å². The van der Waals surface area contributed by atoms with Crippen LogP contribution in [0.1, 0.15) is 22.8 Å². The van der Waals surface area contributed by atoms with Crippen molar-refractivity contribution in [2.45, 2.75) is 12.5 Å². The highest BCUT2D eigenvalue weighted by Crippen LogP contribution is 2.30. The second-order valence-corrected chi connectivity index (χ2v) is 6.70. The average molecular weight is 418 g/mol. The minimum absolute atomic E-state index is 0.308. The first-order valence-electron chi connectivity index (χ1n) is 7.73. The number of nitrogens with zero attached hydrogens (tertiary/aromatic N) is 1. The number of hydrogen-bond donors (Lipinski definition) is 2. The van der Waals surface area contributed by atoms with Crippen molar-refractivity contribution in [3.63, 3.8) is 0 Å². The molecule has 0 spiro atoms. The molecule has 0 bridgehead atoms. The van der Waals surface area contributed by atoms with E-state index in [-0.39, 0.29) is 0 Å². The third-order valence-electron chi connectivity index (χ3n) is 4.17. The number of imide groups is 1. The molecule has 0 aromatic heterocycles. The molecule has 0 saturated carbocycles. The number of carbonyl (C=O) groups excluding carboxylic acids is 3. The minimum Gasteiger partial charge on any atom is -0.497 e. The Bertz CT molecular complexity index is 902. The SMILES string of the molecule is COc1cccc([C@]2(C)NC(=O)N(NC(=O)c3ccccc3Br)C2=O)c1. The maximum atomic E-state index is 12.9. The molecule has 26 heavy (non-hydrogen) atoms. The van der Waals surface area contributed by atoms with Crippen LogP contribution in [0.4, 0.5) is 4.79 Å². The van der Waals surface area contributed by atoms with Crippen LogP contribution < -0.4 is 15.5 Å². The fraction of sp³-hybridized carbons (Fsp3) is 0.167. The number of urea groups is 1. The first kappa shape index (κ1) is 17.9. The normalized spacial score (nSPS) is 19.3. The first-order valence-corrected chi connectivity index (χ1v) is 8.53. The average Bonchev–Trinajstić information content (AvgIpc) is 2.86. The summed E-state index contributed by atoms with van der Waals surface area (Å²) in [4.78, 5) is 37.6. The van der Waals surface area contributed by atoms with Crippen LogP contribution in [0.3, 0.4) is 0 Å². The summed E-state index contributed by atoms with van der Waals surface area (Å²) in [6.07, 6.45) is 0. The largest absolute Gasteiger partial charge is 0.497 e. The fourth-order valence-electron chi connectivity index (χ4n) is 2.68. The maximum Gasteiger partial charge on any atom is 0.344 e. The van der Waals surface area contributed by atoms with Crippen molar-refractivity contribution in [3.05, 3.63) is 64.1 Å². The van der Waals surface area contributed by atoms with Gasteiger partial charge in [-0.1, -0.05) is 24.3 Å². The summed E-state index contributed by atoms with van der Waals surface area (Å²) >= 11 is 3.27. The van der Waals surface area contributed by atoms with Gasteiger partial charge in [0.05, 0.1) is 12.7 Å². The lowest BCUT2D eigenvalue weighted by Gasteiger charge is -2.22. The molecule has 2 N–H and O–H groups in total. The monoisotopic (exact) mass is 417 g/mol. The molecule has 1 fully saturated rings. The van der Waals surface area contributed by atoms with Crippen molar-refractivity contribution < 1.29 is 19.1 Å². The second-order valence-electron chi connectivity index (χ2n) is 5.85. The van der Waals surface area contributed by atoms with Crippen LogP contribution in [-0.4, -0.2) is 30.0 Å². The zero-order valence-corrected chi connectivity index (χ0v) is 15.7. The Balaban J connectivity index is 1.87. The lowest BCUT2D eigenvalue weighted by Crippen LogP contribution is -2.48. The molecule has 4 amide bonds. The molecule has 134 valence electrons. The fourth-order valence-corrected chi connectivity index (χ4v) is 3.14. The molecule has 1 aliphatic heterocycles. The molecule has 3 rings (SSSR count). The Morgan fingerprint density at radius 3 is 2.62 bits per heavy atom. The maximum absolute atomic E-state index is 12.9. The van der Waals surface area contributed by atoms with Gasteiger partial charge in [0.2, 0.25) is 0 Å². The minimum atomic E-state index is -1.31. The molecule has 8 heteroatoms. The summed E-state index contributed by atoms with van der Waals surface area (Å²) in [6, 6.07) is 12.8. The van der Waals surface area contributed by atoms with E-state index in [1.807, 2.05) is 0 Å². The first-order chi connectivity index (χ1) is 12.4. The molecule has 1 aliphatic rings. The number of ether oxygens (including phenoxy) is 1. The van der Waals surface area contributed by atoms with Gasteiger partial charge in [0.15, 0.2) is 0 Å². The van der Waals surface area contributed by atoms with Gasteiger partial charge < -0.3 is 10.1 Å². The van der Waals surface area contributed by atoms with Gasteiger partial charge in [-0.25, -0.2) is 4.79 Å². The highest BCUT2D eigenvalue weighted by Gasteiger charge is 2.50. The van der Waals surface area contributed by atoms with Crippen molar-refractivity contribution in [1.82, 2.24) is 15.8 Å². The summed E-state index contributed by atoms with van der Waals surface area (Å²) in [7, 11) is 1.51. The van der Waals surface area contributed by atoms with Crippen LogP contribution >= 0.6 is 15.9 Å². The van der Waals surface area contributed by atoms with Crippen LogP contribution in [0.25, 0.3) is 0 Å². The number of amides is 4. The van der Waals surface area contributed by atoms with Crippen molar-refractivity contribution in [1.29, 1.82) is 0 Å². The van der Waals surface area contributed by atoms with E-state index in [1.165, 1.54) is 7.11 Å². The smallest absolute Gasteiger partial charge is 0.344 e. The number of halogens is 1. The molecule has 0 radical (unpaired) electrons. The van der Waals surface area contributed by atoms with Crippen molar-refractivity contribution >= 4 is 33.8 Å². The van der Waals surface area contributed by atoms with Crippen LogP contribution in [0.15, 0.2) is 53.0 Å². The summed E-state index contributed by atoms with van der Waals surface area (Å²) in [5, 5.41) is 3.32. The molecule has 0 unspecified atom stereocenters. The number of benzene rings is 2. The quantitative estimate of drug-likeness (QED) is 0.748. The van der Waals surface area contributed by atoms with E-state index in [4.69, 9.17) is 4.74 Å². The van der Waals surface area contributed by atoms with E-state index in [1.54, 1.807) is 55.5 Å². The van der Waals surface area contributed by atoms with Crippen molar-refractivity contribution in [2.24, 2.45) is 0 Å². The molecule has 2 aromatic rings.